The number of hydrogen-bond donors (Lipinski definition) is 0. The maximum atomic E-state index is 4.73. The summed E-state index contributed by atoms with van der Waals surface area (Å²) >= 11 is 0. The van der Waals surface area contributed by atoms with Crippen LogP contribution in [0, 0.1) is 27.7 Å². The summed E-state index contributed by atoms with van der Waals surface area (Å²) in [5.41, 5.74) is 18.6. The largest absolute Gasteiger partial charge is 0.309 e. The average molecular weight is 695 g/mol. The summed E-state index contributed by atoms with van der Waals surface area (Å²) < 4.78 is 4.76. The molecule has 10 rings (SSSR count). The summed E-state index contributed by atoms with van der Waals surface area (Å²) in [6.45, 7) is 8.65. The molecule has 0 saturated heterocycles. The predicted octanol–water partition coefficient (Wildman–Crippen LogP) is 12.9. The average Bonchev–Trinajstić information content (AvgIpc) is 3.69. The third-order valence-electron chi connectivity index (χ3n) is 10.8. The predicted molar refractivity (Wildman–Crippen MR) is 226 cm³/mol. The van der Waals surface area contributed by atoms with Gasteiger partial charge in [-0.3, -0.25) is 9.97 Å². The van der Waals surface area contributed by atoms with E-state index in [2.05, 4.69) is 170 Å². The summed E-state index contributed by atoms with van der Waals surface area (Å²) in [5.74, 6) is 0. The normalized spacial score (nSPS) is 11.7. The Labute approximate surface area is 314 Å². The van der Waals surface area contributed by atoms with Gasteiger partial charge >= 0.3 is 0 Å². The van der Waals surface area contributed by atoms with E-state index < -0.39 is 0 Å². The number of aromatic nitrogens is 4. The van der Waals surface area contributed by atoms with Gasteiger partial charge in [-0.2, -0.15) is 0 Å². The quantitative estimate of drug-likeness (QED) is 0.180. The van der Waals surface area contributed by atoms with E-state index in [1.807, 2.05) is 24.8 Å². The Bertz CT molecular complexity index is 2780. The molecule has 0 spiro atoms. The maximum Gasteiger partial charge on any atom is 0.0541 e. The van der Waals surface area contributed by atoms with E-state index in [0.29, 0.717) is 0 Å². The molecule has 0 amide bonds. The SMILES string of the molecule is Cc1ccc2c(c1)c1cc(C)ccc1n2-c1cccc(-c2cncc(-c3cncc(-c4cccc(-n5c6ccc(C)cc6c6cc(C)ccc65)c4)c3)c2)c1. The molecule has 4 aromatic heterocycles. The first-order chi connectivity index (χ1) is 26.4. The highest BCUT2D eigenvalue weighted by Gasteiger charge is 2.16. The van der Waals surface area contributed by atoms with Crippen molar-refractivity contribution in [3.05, 3.63) is 181 Å². The zero-order chi connectivity index (χ0) is 36.5. The van der Waals surface area contributed by atoms with Crippen LogP contribution >= 0.6 is 0 Å². The number of nitrogens with zero attached hydrogens (tertiary/aromatic N) is 4. The van der Waals surface area contributed by atoms with E-state index in [1.54, 1.807) is 0 Å². The van der Waals surface area contributed by atoms with Crippen LogP contribution in [0.1, 0.15) is 22.3 Å². The lowest BCUT2D eigenvalue weighted by Crippen LogP contribution is -1.95. The second kappa shape index (κ2) is 12.4. The molecule has 0 unspecified atom stereocenters. The molecule has 0 saturated carbocycles. The van der Waals surface area contributed by atoms with E-state index in [9.17, 15) is 0 Å². The molecule has 6 aromatic carbocycles. The smallest absolute Gasteiger partial charge is 0.0541 e. The Hall–Kier alpha value is -6.78. The molecule has 0 fully saturated rings. The summed E-state index contributed by atoms with van der Waals surface area (Å²) in [6, 6.07) is 49.0. The molecule has 54 heavy (non-hydrogen) atoms. The fourth-order valence-electron chi connectivity index (χ4n) is 8.22. The lowest BCUT2D eigenvalue weighted by molar-refractivity contribution is 1.18. The lowest BCUT2D eigenvalue weighted by atomic mass is 10.00. The minimum absolute atomic E-state index is 1.03. The van der Waals surface area contributed by atoms with E-state index in [1.165, 1.54) is 65.9 Å². The Balaban J connectivity index is 1.03. The van der Waals surface area contributed by atoms with Crippen LogP contribution in [0.5, 0.6) is 0 Å². The molecule has 4 heterocycles. The van der Waals surface area contributed by atoms with Crippen LogP contribution in [0.25, 0.3) is 88.4 Å². The van der Waals surface area contributed by atoms with Gasteiger partial charge in [-0.1, -0.05) is 70.8 Å². The van der Waals surface area contributed by atoms with Gasteiger partial charge in [-0.05, 0) is 124 Å². The summed E-state index contributed by atoms with van der Waals surface area (Å²) in [6.07, 6.45) is 7.78. The van der Waals surface area contributed by atoms with Crippen molar-refractivity contribution in [3.8, 4) is 44.8 Å². The summed E-state index contributed by atoms with van der Waals surface area (Å²) in [5, 5.41) is 5.11. The number of hydrogen-bond acceptors (Lipinski definition) is 2. The minimum Gasteiger partial charge on any atom is -0.309 e. The fraction of sp³-hybridized carbons (Fsp3) is 0.0800. The topological polar surface area (TPSA) is 35.6 Å². The molecule has 4 heteroatoms. The van der Waals surface area contributed by atoms with Crippen molar-refractivity contribution in [3.63, 3.8) is 0 Å². The molecule has 0 N–H and O–H groups in total. The highest BCUT2D eigenvalue weighted by atomic mass is 15.0. The van der Waals surface area contributed by atoms with Crippen LogP contribution in [0.2, 0.25) is 0 Å². The van der Waals surface area contributed by atoms with Crippen LogP contribution in [0.15, 0.2) is 158 Å². The van der Waals surface area contributed by atoms with Gasteiger partial charge in [-0.15, -0.1) is 0 Å². The summed E-state index contributed by atoms with van der Waals surface area (Å²) in [4.78, 5) is 9.46. The standard InChI is InChI=1S/C50H38N4/c1-31-11-15-47-43(19-31)44-20-32(2)12-16-48(44)53(47)41-9-5-7-35(25-41)37-23-39(29-51-27-37)40-24-38(28-52-30-40)36-8-6-10-42(26-36)54-49-17-13-33(3)21-45(49)46-22-34(4)14-18-50(46)54/h5-30H,1-4H3. The van der Waals surface area contributed by atoms with E-state index in [0.717, 1.165) is 44.8 Å². The molecule has 0 aliphatic carbocycles. The molecule has 0 atom stereocenters. The van der Waals surface area contributed by atoms with Crippen LogP contribution in [0.4, 0.5) is 0 Å². The second-order valence-electron chi connectivity index (χ2n) is 14.8. The highest BCUT2D eigenvalue weighted by Crippen LogP contribution is 2.37. The zero-order valence-corrected chi connectivity index (χ0v) is 30.8. The van der Waals surface area contributed by atoms with Crippen molar-refractivity contribution in [2.45, 2.75) is 27.7 Å². The van der Waals surface area contributed by atoms with Crippen molar-refractivity contribution in [1.29, 1.82) is 0 Å². The first-order valence-electron chi connectivity index (χ1n) is 18.5. The van der Waals surface area contributed by atoms with Gasteiger partial charge in [0.15, 0.2) is 0 Å². The fourth-order valence-corrected chi connectivity index (χ4v) is 8.22. The second-order valence-corrected chi connectivity index (χ2v) is 14.8. The molecule has 0 aliphatic rings. The lowest BCUT2D eigenvalue weighted by Gasteiger charge is -2.12. The van der Waals surface area contributed by atoms with Crippen LogP contribution in [-0.4, -0.2) is 19.1 Å². The van der Waals surface area contributed by atoms with E-state index >= 15 is 0 Å². The third-order valence-corrected chi connectivity index (χ3v) is 10.8. The Morgan fingerprint density at radius 2 is 0.630 bits per heavy atom. The van der Waals surface area contributed by atoms with E-state index in [-0.39, 0.29) is 0 Å². The number of fused-ring (bicyclic) bond motifs is 6. The Morgan fingerprint density at radius 1 is 0.315 bits per heavy atom. The summed E-state index contributed by atoms with van der Waals surface area (Å²) in [7, 11) is 0. The molecule has 0 bridgehead atoms. The molecule has 258 valence electrons. The molecule has 10 aromatic rings. The van der Waals surface area contributed by atoms with Gasteiger partial charge in [-0.25, -0.2) is 0 Å². The molecule has 0 aliphatic heterocycles. The van der Waals surface area contributed by atoms with Crippen LogP contribution in [-0.2, 0) is 0 Å². The maximum absolute atomic E-state index is 4.73. The van der Waals surface area contributed by atoms with Crippen molar-refractivity contribution >= 4 is 43.6 Å². The first-order valence-corrected chi connectivity index (χ1v) is 18.5. The number of pyridine rings is 2. The highest BCUT2D eigenvalue weighted by molar-refractivity contribution is 6.11. The van der Waals surface area contributed by atoms with Gasteiger partial charge < -0.3 is 9.13 Å². The molecule has 4 nitrogen and oxygen atoms in total. The van der Waals surface area contributed by atoms with Crippen molar-refractivity contribution < 1.29 is 0 Å². The van der Waals surface area contributed by atoms with Gasteiger partial charge in [0, 0.05) is 80.0 Å². The Morgan fingerprint density at radius 3 is 0.963 bits per heavy atom. The zero-order valence-electron chi connectivity index (χ0n) is 30.8. The minimum atomic E-state index is 1.03. The monoisotopic (exact) mass is 694 g/mol. The third kappa shape index (κ3) is 5.30. The van der Waals surface area contributed by atoms with Gasteiger partial charge in [0.2, 0.25) is 0 Å². The molecular weight excluding hydrogens is 657 g/mol. The van der Waals surface area contributed by atoms with Crippen molar-refractivity contribution in [2.24, 2.45) is 0 Å². The number of benzene rings is 6. The molecular formula is C50H38N4. The van der Waals surface area contributed by atoms with Crippen molar-refractivity contribution in [1.82, 2.24) is 19.1 Å². The molecule has 0 radical (unpaired) electrons. The van der Waals surface area contributed by atoms with Crippen LogP contribution in [0.3, 0.4) is 0 Å². The van der Waals surface area contributed by atoms with Crippen LogP contribution < -0.4 is 0 Å². The number of rotatable bonds is 5. The van der Waals surface area contributed by atoms with Gasteiger partial charge in [0.25, 0.3) is 0 Å². The Kier molecular flexibility index (Phi) is 7.34. The van der Waals surface area contributed by atoms with Gasteiger partial charge in [0.05, 0.1) is 22.1 Å². The first kappa shape index (κ1) is 31.9. The van der Waals surface area contributed by atoms with Gasteiger partial charge in [0.1, 0.15) is 0 Å². The van der Waals surface area contributed by atoms with E-state index in [4.69, 9.17) is 9.97 Å². The number of aryl methyl sites for hydroxylation is 4. The van der Waals surface area contributed by atoms with Crippen molar-refractivity contribution in [2.75, 3.05) is 0 Å².